The molecule has 0 aromatic heterocycles. The second-order valence-electron chi connectivity index (χ2n) is 7.24. The van der Waals surface area contributed by atoms with E-state index in [2.05, 4.69) is 19.2 Å². The molecule has 0 aromatic rings. The third-order valence-electron chi connectivity index (χ3n) is 5.21. The Morgan fingerprint density at radius 1 is 1.29 bits per heavy atom. The summed E-state index contributed by atoms with van der Waals surface area (Å²) in [4.78, 5) is 27.0. The van der Waals surface area contributed by atoms with Crippen molar-refractivity contribution in [3.63, 3.8) is 0 Å². The predicted molar refractivity (Wildman–Crippen MR) is 84.7 cm³/mol. The highest BCUT2D eigenvalue weighted by molar-refractivity contribution is 7.99. The molecule has 5 heteroatoms. The van der Waals surface area contributed by atoms with Crippen molar-refractivity contribution in [3.05, 3.63) is 0 Å². The number of nitrogens with zero attached hydrogens (tertiary/aromatic N) is 1. The molecular formula is C16H26N2O2S. The number of carbonyl (C=O) groups excluding carboxylic acids is 2. The van der Waals surface area contributed by atoms with Crippen molar-refractivity contribution >= 4 is 23.6 Å². The van der Waals surface area contributed by atoms with E-state index in [1.807, 2.05) is 4.90 Å². The molecule has 1 heterocycles. The molecule has 3 rings (SSSR count). The minimum Gasteiger partial charge on any atom is -0.354 e. The summed E-state index contributed by atoms with van der Waals surface area (Å²) < 4.78 is 0. The molecule has 3 fully saturated rings. The molecule has 21 heavy (non-hydrogen) atoms. The summed E-state index contributed by atoms with van der Waals surface area (Å²) >= 11 is 1.70. The van der Waals surface area contributed by atoms with Crippen LogP contribution in [0.2, 0.25) is 0 Å². The van der Waals surface area contributed by atoms with Crippen molar-refractivity contribution in [2.45, 2.75) is 45.6 Å². The molecule has 1 aliphatic heterocycles. The first-order chi connectivity index (χ1) is 10.1. The van der Waals surface area contributed by atoms with E-state index in [0.29, 0.717) is 24.3 Å². The zero-order valence-corrected chi connectivity index (χ0v) is 13.8. The van der Waals surface area contributed by atoms with Gasteiger partial charge in [0.05, 0.1) is 5.88 Å². The Morgan fingerprint density at radius 3 is 2.71 bits per heavy atom. The van der Waals surface area contributed by atoms with Gasteiger partial charge in [-0.3, -0.25) is 9.59 Å². The Bertz CT molecular complexity index is 427. The van der Waals surface area contributed by atoms with Crippen molar-refractivity contribution in [2.24, 2.45) is 23.7 Å². The Labute approximate surface area is 131 Å². The summed E-state index contributed by atoms with van der Waals surface area (Å²) in [6.07, 6.45) is 4.82. The van der Waals surface area contributed by atoms with E-state index in [0.717, 1.165) is 18.1 Å². The van der Waals surface area contributed by atoms with Gasteiger partial charge in [0.15, 0.2) is 0 Å². The molecule has 0 aromatic carbocycles. The minimum atomic E-state index is -0.250. The Balaban J connectivity index is 1.61. The van der Waals surface area contributed by atoms with Crippen LogP contribution >= 0.6 is 11.8 Å². The van der Waals surface area contributed by atoms with Crippen LogP contribution in [0.4, 0.5) is 0 Å². The lowest BCUT2D eigenvalue weighted by Crippen LogP contribution is -2.50. The van der Waals surface area contributed by atoms with Gasteiger partial charge in [-0.25, -0.2) is 0 Å². The van der Waals surface area contributed by atoms with Crippen LogP contribution in [0.5, 0.6) is 0 Å². The fraction of sp³-hybridized carbons (Fsp3) is 0.875. The molecule has 0 radical (unpaired) electrons. The van der Waals surface area contributed by atoms with Crippen molar-refractivity contribution in [2.75, 3.05) is 18.2 Å². The lowest BCUT2D eigenvalue weighted by atomic mass is 9.87. The van der Waals surface area contributed by atoms with E-state index in [1.54, 1.807) is 11.8 Å². The Kier molecular flexibility index (Phi) is 4.48. The summed E-state index contributed by atoms with van der Waals surface area (Å²) in [5.41, 5.74) is 0. The average molecular weight is 310 g/mol. The van der Waals surface area contributed by atoms with Crippen LogP contribution in [-0.2, 0) is 9.59 Å². The smallest absolute Gasteiger partial charge is 0.243 e. The van der Waals surface area contributed by atoms with E-state index in [9.17, 15) is 9.59 Å². The maximum Gasteiger partial charge on any atom is 0.243 e. The number of hydrogen-bond acceptors (Lipinski definition) is 3. The van der Waals surface area contributed by atoms with Crippen molar-refractivity contribution in [1.29, 1.82) is 0 Å². The lowest BCUT2D eigenvalue weighted by Gasteiger charge is -2.29. The number of carbonyl (C=O) groups is 2. The number of amides is 2. The highest BCUT2D eigenvalue weighted by Crippen LogP contribution is 2.49. The number of fused-ring (bicyclic) bond motifs is 2. The summed E-state index contributed by atoms with van der Waals surface area (Å²) in [5, 5.41) is 2.99. The first-order valence-corrected chi connectivity index (χ1v) is 9.37. The van der Waals surface area contributed by atoms with Crippen LogP contribution in [-0.4, -0.2) is 40.9 Å². The molecule has 4 atom stereocenters. The quantitative estimate of drug-likeness (QED) is 0.865. The van der Waals surface area contributed by atoms with E-state index in [-0.39, 0.29) is 23.8 Å². The summed E-state index contributed by atoms with van der Waals surface area (Å²) in [7, 11) is 0. The van der Waals surface area contributed by atoms with Gasteiger partial charge in [0.2, 0.25) is 11.8 Å². The zero-order valence-electron chi connectivity index (χ0n) is 13.0. The van der Waals surface area contributed by atoms with Crippen molar-refractivity contribution in [1.82, 2.24) is 10.2 Å². The standard InChI is InChI=1S/C16H26N2O2S/c1-10(2)7-17-15(19)14-8-21-9-18(14)16(20)13-6-11-3-4-12(13)5-11/h10-14H,3-9H2,1-2H3,(H,17,19)/t11-,12-,13+,14-/m0/s1. The van der Waals surface area contributed by atoms with E-state index < -0.39 is 0 Å². The normalized spacial score (nSPS) is 34.7. The molecular weight excluding hydrogens is 284 g/mol. The van der Waals surface area contributed by atoms with Gasteiger partial charge in [-0.1, -0.05) is 20.3 Å². The maximum atomic E-state index is 12.8. The molecule has 0 spiro atoms. The highest BCUT2D eigenvalue weighted by atomic mass is 32.2. The monoisotopic (exact) mass is 310 g/mol. The molecule has 0 unspecified atom stereocenters. The first-order valence-electron chi connectivity index (χ1n) is 8.22. The van der Waals surface area contributed by atoms with Gasteiger partial charge in [-0.15, -0.1) is 11.8 Å². The molecule has 2 bridgehead atoms. The lowest BCUT2D eigenvalue weighted by molar-refractivity contribution is -0.142. The molecule has 1 saturated heterocycles. The molecule has 3 aliphatic rings. The van der Waals surface area contributed by atoms with Gasteiger partial charge >= 0.3 is 0 Å². The summed E-state index contributed by atoms with van der Waals surface area (Å²) in [6, 6.07) is -0.250. The van der Waals surface area contributed by atoms with Crippen molar-refractivity contribution in [3.8, 4) is 0 Å². The molecule has 1 N–H and O–H groups in total. The van der Waals surface area contributed by atoms with Crippen LogP contribution in [0.1, 0.15) is 39.5 Å². The number of rotatable bonds is 4. The van der Waals surface area contributed by atoms with Gasteiger partial charge in [0.1, 0.15) is 6.04 Å². The largest absolute Gasteiger partial charge is 0.354 e. The average Bonchev–Trinajstić information content (AvgIpc) is 3.18. The topological polar surface area (TPSA) is 49.4 Å². The molecule has 2 amide bonds. The molecule has 2 aliphatic carbocycles. The van der Waals surface area contributed by atoms with Crippen LogP contribution in [0.25, 0.3) is 0 Å². The van der Waals surface area contributed by atoms with Crippen LogP contribution in [0, 0.1) is 23.7 Å². The number of hydrogen-bond donors (Lipinski definition) is 1. The fourth-order valence-electron chi connectivity index (χ4n) is 4.06. The number of thioether (sulfide) groups is 1. The SMILES string of the molecule is CC(C)CNC(=O)[C@@H]1CSCN1C(=O)[C@@H]1C[C@H]2CC[C@H]1C2. The second kappa shape index (κ2) is 6.19. The van der Waals surface area contributed by atoms with Crippen molar-refractivity contribution < 1.29 is 9.59 Å². The van der Waals surface area contributed by atoms with Gasteiger partial charge in [-0.2, -0.15) is 0 Å². The summed E-state index contributed by atoms with van der Waals surface area (Å²) in [6.45, 7) is 4.86. The third-order valence-corrected chi connectivity index (χ3v) is 6.22. The van der Waals surface area contributed by atoms with Crippen LogP contribution in [0.3, 0.4) is 0 Å². The van der Waals surface area contributed by atoms with E-state index in [1.165, 1.54) is 19.3 Å². The fourth-order valence-corrected chi connectivity index (χ4v) is 5.22. The van der Waals surface area contributed by atoms with Crippen LogP contribution < -0.4 is 5.32 Å². The molecule has 4 nitrogen and oxygen atoms in total. The summed E-state index contributed by atoms with van der Waals surface area (Å²) in [5.74, 6) is 3.71. The second-order valence-corrected chi connectivity index (χ2v) is 8.24. The minimum absolute atomic E-state index is 0.0326. The molecule has 118 valence electrons. The Morgan fingerprint density at radius 2 is 2.10 bits per heavy atom. The molecule has 2 saturated carbocycles. The first kappa shape index (κ1) is 15.2. The van der Waals surface area contributed by atoms with Gasteiger partial charge in [-0.05, 0) is 37.0 Å². The Hall–Kier alpha value is -0.710. The predicted octanol–water partition coefficient (Wildman–Crippen LogP) is 2.10. The van der Waals surface area contributed by atoms with E-state index in [4.69, 9.17) is 0 Å². The van der Waals surface area contributed by atoms with Gasteiger partial charge in [0, 0.05) is 18.2 Å². The van der Waals surface area contributed by atoms with Gasteiger partial charge in [0.25, 0.3) is 0 Å². The van der Waals surface area contributed by atoms with Gasteiger partial charge < -0.3 is 10.2 Å². The zero-order chi connectivity index (χ0) is 15.0. The number of nitrogens with one attached hydrogen (secondary N) is 1. The van der Waals surface area contributed by atoms with Crippen LogP contribution in [0.15, 0.2) is 0 Å². The highest BCUT2D eigenvalue weighted by Gasteiger charge is 2.47. The van der Waals surface area contributed by atoms with E-state index >= 15 is 0 Å². The third kappa shape index (κ3) is 3.08. The maximum absolute atomic E-state index is 12.8.